The van der Waals surface area contributed by atoms with Crippen molar-refractivity contribution < 1.29 is 35.8 Å². The number of fused-ring (bicyclic) bond motifs is 1. The van der Waals surface area contributed by atoms with E-state index in [4.69, 9.17) is 9.47 Å². The van der Waals surface area contributed by atoms with Crippen LogP contribution in [-0.2, 0) is 12.4 Å². The van der Waals surface area contributed by atoms with E-state index < -0.39 is 29.2 Å². The molecular formula is C22H14F6N2O2. The molecular weight excluding hydrogens is 438 g/mol. The van der Waals surface area contributed by atoms with Crippen molar-refractivity contribution in [3.05, 3.63) is 78.1 Å². The van der Waals surface area contributed by atoms with Crippen LogP contribution in [0.25, 0.3) is 16.9 Å². The first-order chi connectivity index (χ1) is 15.0. The Hall–Kier alpha value is -3.69. The Labute approximate surface area is 177 Å². The van der Waals surface area contributed by atoms with E-state index in [1.165, 1.54) is 19.2 Å². The van der Waals surface area contributed by atoms with Gasteiger partial charge in [0.2, 0.25) is 0 Å². The van der Waals surface area contributed by atoms with Gasteiger partial charge in [0.05, 0.1) is 23.9 Å². The number of halogens is 6. The maximum Gasteiger partial charge on any atom is 0.416 e. The standard InChI is InChI=1S/C22H14F6N2O2/c1-31-19-8-13(17-12-30-7-3-2-4-20(30)29-17)5-6-18(19)32-16-10-14(21(23,24)25)9-15(11-16)22(26,27)28/h2-12H,1H3. The third kappa shape index (κ3) is 4.34. The zero-order valence-electron chi connectivity index (χ0n) is 16.3. The maximum atomic E-state index is 13.1. The number of hydrogen-bond donors (Lipinski definition) is 0. The molecule has 0 bridgehead atoms. The van der Waals surface area contributed by atoms with Crippen LogP contribution >= 0.6 is 0 Å². The molecule has 4 rings (SSSR count). The molecule has 0 spiro atoms. The number of pyridine rings is 1. The Morgan fingerprint density at radius 2 is 1.50 bits per heavy atom. The fourth-order valence-corrected chi connectivity index (χ4v) is 3.10. The molecule has 32 heavy (non-hydrogen) atoms. The Bertz CT molecular complexity index is 1210. The van der Waals surface area contributed by atoms with Gasteiger partial charge >= 0.3 is 12.4 Å². The molecule has 0 amide bonds. The van der Waals surface area contributed by atoms with E-state index in [-0.39, 0.29) is 17.6 Å². The van der Waals surface area contributed by atoms with E-state index in [1.54, 1.807) is 16.7 Å². The lowest BCUT2D eigenvalue weighted by molar-refractivity contribution is -0.143. The summed E-state index contributed by atoms with van der Waals surface area (Å²) in [6.07, 6.45) is -6.37. The van der Waals surface area contributed by atoms with E-state index >= 15 is 0 Å². The number of benzene rings is 2. The molecule has 2 heterocycles. The molecule has 4 nitrogen and oxygen atoms in total. The molecule has 2 aromatic carbocycles. The zero-order chi connectivity index (χ0) is 23.1. The van der Waals surface area contributed by atoms with E-state index in [0.717, 1.165) is 0 Å². The van der Waals surface area contributed by atoms with Gasteiger partial charge in [-0.05, 0) is 48.5 Å². The highest BCUT2D eigenvalue weighted by Crippen LogP contribution is 2.41. The van der Waals surface area contributed by atoms with Gasteiger partial charge in [-0.1, -0.05) is 6.07 Å². The van der Waals surface area contributed by atoms with Crippen LogP contribution in [0.5, 0.6) is 17.2 Å². The average Bonchev–Trinajstić information content (AvgIpc) is 3.17. The molecule has 0 aliphatic rings. The highest BCUT2D eigenvalue weighted by Gasteiger charge is 2.37. The maximum absolute atomic E-state index is 13.1. The van der Waals surface area contributed by atoms with Crippen LogP contribution < -0.4 is 9.47 Å². The largest absolute Gasteiger partial charge is 0.493 e. The summed E-state index contributed by atoms with van der Waals surface area (Å²) in [5.41, 5.74) is -1.02. The van der Waals surface area contributed by atoms with Crippen LogP contribution in [0.4, 0.5) is 26.3 Å². The van der Waals surface area contributed by atoms with Crippen LogP contribution in [0.15, 0.2) is 67.0 Å². The minimum Gasteiger partial charge on any atom is -0.493 e. The first-order valence-corrected chi connectivity index (χ1v) is 9.14. The van der Waals surface area contributed by atoms with E-state index in [9.17, 15) is 26.3 Å². The van der Waals surface area contributed by atoms with Gasteiger partial charge in [0, 0.05) is 18.0 Å². The fraction of sp³-hybridized carbons (Fsp3) is 0.136. The summed E-state index contributed by atoms with van der Waals surface area (Å²) >= 11 is 0. The molecule has 166 valence electrons. The Balaban J connectivity index is 1.71. The van der Waals surface area contributed by atoms with Crippen LogP contribution in [-0.4, -0.2) is 16.5 Å². The average molecular weight is 452 g/mol. The van der Waals surface area contributed by atoms with Crippen molar-refractivity contribution in [3.8, 4) is 28.5 Å². The molecule has 0 atom stereocenters. The number of imidazole rings is 1. The number of ether oxygens (including phenoxy) is 2. The number of rotatable bonds is 4. The minimum absolute atomic E-state index is 0.0383. The van der Waals surface area contributed by atoms with Crippen molar-refractivity contribution in [3.63, 3.8) is 0 Å². The van der Waals surface area contributed by atoms with E-state index in [2.05, 4.69) is 4.98 Å². The van der Waals surface area contributed by atoms with Gasteiger partial charge in [-0.2, -0.15) is 26.3 Å². The lowest BCUT2D eigenvalue weighted by Crippen LogP contribution is -2.11. The molecule has 2 aromatic heterocycles. The molecule has 0 N–H and O–H groups in total. The van der Waals surface area contributed by atoms with Crippen molar-refractivity contribution >= 4 is 5.65 Å². The molecule has 0 aliphatic carbocycles. The molecule has 0 saturated heterocycles. The first-order valence-electron chi connectivity index (χ1n) is 9.14. The van der Waals surface area contributed by atoms with E-state index in [0.29, 0.717) is 29.0 Å². The van der Waals surface area contributed by atoms with Crippen LogP contribution in [0.1, 0.15) is 11.1 Å². The number of hydrogen-bond acceptors (Lipinski definition) is 3. The normalized spacial score (nSPS) is 12.2. The first kappa shape index (κ1) is 21.5. The molecule has 0 fully saturated rings. The van der Waals surface area contributed by atoms with Gasteiger partial charge < -0.3 is 13.9 Å². The Morgan fingerprint density at radius 3 is 2.09 bits per heavy atom. The second-order valence-electron chi connectivity index (χ2n) is 6.80. The third-order valence-corrected chi connectivity index (χ3v) is 4.61. The van der Waals surface area contributed by atoms with Crippen LogP contribution in [0.3, 0.4) is 0 Å². The third-order valence-electron chi connectivity index (χ3n) is 4.61. The SMILES string of the molecule is COc1cc(-c2cn3ccccc3n2)ccc1Oc1cc(C(F)(F)F)cc(C(F)(F)F)c1. The summed E-state index contributed by atoms with van der Waals surface area (Å²) in [5.74, 6) is -0.552. The van der Waals surface area contributed by atoms with Crippen molar-refractivity contribution in [1.29, 1.82) is 0 Å². The number of methoxy groups -OCH3 is 1. The van der Waals surface area contributed by atoms with Gasteiger partial charge in [0.25, 0.3) is 0 Å². The van der Waals surface area contributed by atoms with Crippen molar-refractivity contribution in [1.82, 2.24) is 9.38 Å². The van der Waals surface area contributed by atoms with Crippen molar-refractivity contribution in [2.45, 2.75) is 12.4 Å². The van der Waals surface area contributed by atoms with Gasteiger partial charge in [0.15, 0.2) is 11.5 Å². The minimum atomic E-state index is -4.98. The Morgan fingerprint density at radius 1 is 0.812 bits per heavy atom. The van der Waals surface area contributed by atoms with E-state index in [1.807, 2.05) is 24.4 Å². The van der Waals surface area contributed by atoms with Gasteiger partial charge in [0.1, 0.15) is 11.4 Å². The summed E-state index contributed by atoms with van der Waals surface area (Å²) in [4.78, 5) is 4.47. The molecule has 0 radical (unpaired) electrons. The molecule has 10 heteroatoms. The summed E-state index contributed by atoms with van der Waals surface area (Å²) in [6, 6.07) is 11.0. The monoisotopic (exact) mass is 452 g/mol. The summed E-state index contributed by atoms with van der Waals surface area (Å²) in [5, 5.41) is 0. The molecule has 0 saturated carbocycles. The van der Waals surface area contributed by atoms with Crippen molar-refractivity contribution in [2.24, 2.45) is 0 Å². The number of alkyl halides is 6. The van der Waals surface area contributed by atoms with Gasteiger partial charge in [-0.25, -0.2) is 4.98 Å². The second-order valence-corrected chi connectivity index (χ2v) is 6.80. The molecule has 0 unspecified atom stereocenters. The highest BCUT2D eigenvalue weighted by atomic mass is 19.4. The highest BCUT2D eigenvalue weighted by molar-refractivity contribution is 5.66. The lowest BCUT2D eigenvalue weighted by Gasteiger charge is -2.16. The summed E-state index contributed by atoms with van der Waals surface area (Å²) in [6.45, 7) is 0. The van der Waals surface area contributed by atoms with Crippen LogP contribution in [0.2, 0.25) is 0 Å². The predicted molar refractivity (Wildman–Crippen MR) is 104 cm³/mol. The quantitative estimate of drug-likeness (QED) is 0.318. The van der Waals surface area contributed by atoms with Crippen molar-refractivity contribution in [2.75, 3.05) is 7.11 Å². The predicted octanol–water partition coefficient (Wildman–Crippen LogP) is 6.84. The smallest absolute Gasteiger partial charge is 0.416 e. The topological polar surface area (TPSA) is 35.8 Å². The summed E-state index contributed by atoms with van der Waals surface area (Å²) in [7, 11) is 1.31. The molecule has 4 aromatic rings. The van der Waals surface area contributed by atoms with Gasteiger partial charge in [-0.3, -0.25) is 0 Å². The number of nitrogens with zero attached hydrogens (tertiary/aromatic N) is 2. The Kier molecular flexibility index (Phi) is 5.23. The summed E-state index contributed by atoms with van der Waals surface area (Å²) < 4.78 is 91.0. The molecule has 0 aliphatic heterocycles. The second kappa shape index (κ2) is 7.77. The lowest BCUT2D eigenvalue weighted by atomic mass is 10.1. The van der Waals surface area contributed by atoms with Crippen LogP contribution in [0, 0.1) is 0 Å². The number of aromatic nitrogens is 2. The zero-order valence-corrected chi connectivity index (χ0v) is 16.3. The fourth-order valence-electron chi connectivity index (χ4n) is 3.10. The van der Waals surface area contributed by atoms with Gasteiger partial charge in [-0.15, -0.1) is 0 Å².